The van der Waals surface area contributed by atoms with E-state index in [9.17, 15) is 14.7 Å². The monoisotopic (exact) mass is 522 g/mol. The van der Waals surface area contributed by atoms with Gasteiger partial charge in [-0.25, -0.2) is 0 Å². The van der Waals surface area contributed by atoms with Crippen LogP contribution in [-0.4, -0.2) is 53.4 Å². The Morgan fingerprint density at radius 3 is 2.79 bits per heavy atom. The van der Waals surface area contributed by atoms with E-state index in [1.54, 1.807) is 19.3 Å². The lowest BCUT2D eigenvalue weighted by atomic mass is 9.46. The Morgan fingerprint density at radius 2 is 2.06 bits per heavy atom. The van der Waals surface area contributed by atoms with Crippen molar-refractivity contribution in [1.29, 1.82) is 0 Å². The van der Waals surface area contributed by atoms with Gasteiger partial charge in [0.25, 0.3) is 5.97 Å². The van der Waals surface area contributed by atoms with Gasteiger partial charge in [-0.1, -0.05) is 41.4 Å². The van der Waals surface area contributed by atoms with Crippen molar-refractivity contribution in [2.75, 3.05) is 19.0 Å². The highest BCUT2D eigenvalue weighted by molar-refractivity contribution is 9.09. The molecule has 0 aromatic heterocycles. The first-order chi connectivity index (χ1) is 15.6. The summed E-state index contributed by atoms with van der Waals surface area (Å²) in [4.78, 5) is 25.5. The summed E-state index contributed by atoms with van der Waals surface area (Å²) in [5.41, 5.74) is -0.698. The number of aliphatic hydroxyl groups is 1. The summed E-state index contributed by atoms with van der Waals surface area (Å²) < 4.78 is 18.2. The van der Waals surface area contributed by atoms with Gasteiger partial charge in [0, 0.05) is 35.6 Å². The van der Waals surface area contributed by atoms with E-state index >= 15 is 0 Å². The van der Waals surface area contributed by atoms with Crippen LogP contribution in [0.25, 0.3) is 0 Å². The normalized spacial score (nSPS) is 48.9. The summed E-state index contributed by atoms with van der Waals surface area (Å²) in [6, 6.07) is 0. The Hall–Kier alpha value is -0.860. The van der Waals surface area contributed by atoms with Gasteiger partial charge in [-0.3, -0.25) is 9.59 Å². The fourth-order valence-corrected chi connectivity index (χ4v) is 8.47. The van der Waals surface area contributed by atoms with Crippen LogP contribution in [0.2, 0.25) is 0 Å². The fourth-order valence-electron chi connectivity index (χ4n) is 8.19. The Kier molecular flexibility index (Phi) is 5.85. The largest absolute Gasteiger partial charge is 0.393 e. The molecule has 1 aliphatic heterocycles. The number of alkyl halides is 1. The van der Waals surface area contributed by atoms with Gasteiger partial charge in [0.1, 0.15) is 12.2 Å². The minimum atomic E-state index is -1.23. The molecule has 1 N–H and O–H groups in total. The minimum Gasteiger partial charge on any atom is -0.393 e. The second-order valence-corrected chi connectivity index (χ2v) is 11.9. The third-order valence-corrected chi connectivity index (χ3v) is 10.3. The molecule has 0 bridgehead atoms. The number of halogens is 1. The van der Waals surface area contributed by atoms with Crippen molar-refractivity contribution in [2.45, 2.75) is 76.5 Å². The molecule has 1 heterocycles. The van der Waals surface area contributed by atoms with E-state index in [1.165, 1.54) is 0 Å². The first-order valence-corrected chi connectivity index (χ1v) is 13.4. The molecule has 3 saturated carbocycles. The molecule has 7 heteroatoms. The number of aliphatic hydroxyl groups excluding tert-OH is 1. The fraction of sp³-hybridized carbons (Fsp3) is 0.769. The average molecular weight is 523 g/mol. The first kappa shape index (κ1) is 23.9. The molecule has 1 saturated heterocycles. The average Bonchev–Trinajstić information content (AvgIpc) is 3.07. The van der Waals surface area contributed by atoms with E-state index < -0.39 is 23.1 Å². The molecule has 6 nitrogen and oxygen atoms in total. The maximum absolute atomic E-state index is 13.5. The van der Waals surface area contributed by atoms with Crippen molar-refractivity contribution in [1.82, 2.24) is 0 Å². The van der Waals surface area contributed by atoms with Crippen LogP contribution >= 0.6 is 15.9 Å². The third-order valence-electron chi connectivity index (χ3n) is 9.75. The van der Waals surface area contributed by atoms with Crippen LogP contribution in [-0.2, 0) is 23.8 Å². The van der Waals surface area contributed by atoms with E-state index in [0.29, 0.717) is 19.3 Å². The predicted molar refractivity (Wildman–Crippen MR) is 126 cm³/mol. The summed E-state index contributed by atoms with van der Waals surface area (Å²) in [6.45, 7) is 4.28. The van der Waals surface area contributed by atoms with Gasteiger partial charge in [0.15, 0.2) is 11.6 Å². The molecule has 182 valence electrons. The van der Waals surface area contributed by atoms with Crippen molar-refractivity contribution >= 4 is 27.5 Å². The summed E-state index contributed by atoms with van der Waals surface area (Å²) in [6.07, 6.45) is 9.96. The topological polar surface area (TPSA) is 82.1 Å². The Bertz CT molecular complexity index is 914. The van der Waals surface area contributed by atoms with Crippen LogP contribution in [0, 0.1) is 28.6 Å². The van der Waals surface area contributed by atoms with Crippen LogP contribution < -0.4 is 0 Å². The highest BCUT2D eigenvalue weighted by Gasteiger charge is 2.71. The van der Waals surface area contributed by atoms with Gasteiger partial charge in [0.05, 0.1) is 6.10 Å². The molecule has 4 fully saturated rings. The molecular weight excluding hydrogens is 488 g/mol. The van der Waals surface area contributed by atoms with Gasteiger partial charge >= 0.3 is 0 Å². The molecule has 5 aliphatic rings. The molecule has 8 unspecified atom stereocenters. The maximum atomic E-state index is 13.5. The number of carbonyl (C=O) groups excluding carboxylic acids is 2. The number of Topliss-reactive ketones (excluding diaryl/α,β-unsaturated/α-hetero) is 1. The molecule has 4 aliphatic carbocycles. The number of hydrogen-bond acceptors (Lipinski definition) is 6. The van der Waals surface area contributed by atoms with E-state index in [0.717, 1.165) is 36.6 Å². The summed E-state index contributed by atoms with van der Waals surface area (Å²) in [5, 5.41) is 12.4. The van der Waals surface area contributed by atoms with Crippen LogP contribution in [0.3, 0.4) is 0 Å². The molecule has 33 heavy (non-hydrogen) atoms. The van der Waals surface area contributed by atoms with Crippen molar-refractivity contribution in [2.24, 2.45) is 28.6 Å². The molecule has 8 atom stereocenters. The Labute approximate surface area is 204 Å². The second-order valence-electron chi connectivity index (χ2n) is 11.1. The third kappa shape index (κ3) is 3.25. The lowest BCUT2D eigenvalue weighted by molar-refractivity contribution is -0.426. The second kappa shape index (κ2) is 8.09. The van der Waals surface area contributed by atoms with E-state index in [-0.39, 0.29) is 41.3 Å². The number of methoxy groups -OCH3 is 1. The number of ketones is 2. The van der Waals surface area contributed by atoms with E-state index in [2.05, 4.69) is 29.8 Å². The van der Waals surface area contributed by atoms with Crippen LogP contribution in [0.4, 0.5) is 0 Å². The Balaban J connectivity index is 1.51. The molecule has 0 aromatic rings. The number of rotatable bonds is 4. The quantitative estimate of drug-likeness (QED) is 0.559. The van der Waals surface area contributed by atoms with E-state index in [1.807, 2.05) is 6.08 Å². The molecule has 0 radical (unpaired) electrons. The smallest absolute Gasteiger partial charge is 0.284 e. The van der Waals surface area contributed by atoms with Crippen molar-refractivity contribution < 1.29 is 28.9 Å². The highest BCUT2D eigenvalue weighted by atomic mass is 79.9. The van der Waals surface area contributed by atoms with E-state index in [4.69, 9.17) is 14.2 Å². The molecule has 5 rings (SSSR count). The minimum absolute atomic E-state index is 0.0297. The van der Waals surface area contributed by atoms with Gasteiger partial charge in [-0.05, 0) is 62.5 Å². The Morgan fingerprint density at radius 1 is 1.27 bits per heavy atom. The van der Waals surface area contributed by atoms with Crippen LogP contribution in [0.1, 0.15) is 58.8 Å². The number of hydrogen-bond donors (Lipinski definition) is 1. The summed E-state index contributed by atoms with van der Waals surface area (Å²) in [5.74, 6) is -0.681. The lowest BCUT2D eigenvalue weighted by Crippen LogP contribution is -2.67. The molecule has 0 aromatic carbocycles. The van der Waals surface area contributed by atoms with Gasteiger partial charge in [-0.15, -0.1) is 0 Å². The summed E-state index contributed by atoms with van der Waals surface area (Å²) in [7, 11) is 1.57. The van der Waals surface area contributed by atoms with Gasteiger partial charge in [0.2, 0.25) is 0 Å². The zero-order valence-electron chi connectivity index (χ0n) is 19.8. The number of carbonyl (C=O) groups is 2. The molecule has 0 amide bonds. The molecular formula is C26H35BrO6. The van der Waals surface area contributed by atoms with Crippen LogP contribution in [0.5, 0.6) is 0 Å². The number of ether oxygens (including phenoxy) is 3. The maximum Gasteiger partial charge on any atom is 0.284 e. The number of fused-ring (bicyclic) bond motifs is 6. The predicted octanol–water partition coefficient (Wildman–Crippen LogP) is 4.10. The summed E-state index contributed by atoms with van der Waals surface area (Å²) >= 11 is 3.47. The highest BCUT2D eigenvalue weighted by Crippen LogP contribution is 2.68. The van der Waals surface area contributed by atoms with Gasteiger partial charge < -0.3 is 19.3 Å². The van der Waals surface area contributed by atoms with Crippen molar-refractivity contribution in [3.8, 4) is 0 Å². The van der Waals surface area contributed by atoms with Crippen molar-refractivity contribution in [3.63, 3.8) is 0 Å². The van der Waals surface area contributed by atoms with Gasteiger partial charge in [-0.2, -0.15) is 0 Å². The van der Waals surface area contributed by atoms with Crippen molar-refractivity contribution in [3.05, 3.63) is 23.8 Å². The SMILES string of the molecule is COC1(CCCBr)OCC(=O)C2(CCC3C4CCC5=CC(=O)C=CC5(C)C4C(O)CC32C)O1. The zero-order chi connectivity index (χ0) is 23.6. The standard InChI is InChI=1S/C26H35BrO6/c1-23-10-7-17(28)13-16(23)5-6-18-19-8-11-25(24(19,2)14-20(29)22(18)23)21(30)15-32-26(31-3,33-25)9-4-12-27/h7,10,13,18-20,22,29H,4-6,8-9,11-12,14-15H2,1-3H3. The number of allylic oxidation sites excluding steroid dienone is 4. The first-order valence-electron chi connectivity index (χ1n) is 12.3. The van der Waals surface area contributed by atoms with Crippen LogP contribution in [0.15, 0.2) is 23.8 Å². The lowest BCUT2D eigenvalue weighted by Gasteiger charge is -2.61. The zero-order valence-corrected chi connectivity index (χ0v) is 21.4. The molecule has 1 spiro atoms.